The minimum Gasteiger partial charge on any atom is -0.486 e. The third-order valence-corrected chi connectivity index (χ3v) is 4.10. The Morgan fingerprint density at radius 2 is 2.13 bits per heavy atom. The van der Waals surface area contributed by atoms with Gasteiger partial charge in [0, 0.05) is 12.6 Å². The average Bonchev–Trinajstić information content (AvgIpc) is 3.02. The van der Waals surface area contributed by atoms with Gasteiger partial charge in [-0.15, -0.1) is 0 Å². The average molecular weight is 309 g/mol. The summed E-state index contributed by atoms with van der Waals surface area (Å²) < 4.78 is 11.8. The maximum atomic E-state index is 6.00. The van der Waals surface area contributed by atoms with E-state index in [1.165, 1.54) is 5.56 Å². The number of benzene rings is 1. The number of ether oxygens (including phenoxy) is 2. The van der Waals surface area contributed by atoms with E-state index in [2.05, 4.69) is 27.9 Å². The molecule has 0 amide bonds. The molecule has 1 aromatic carbocycles. The van der Waals surface area contributed by atoms with Crippen LogP contribution < -0.4 is 9.47 Å². The molecule has 0 bridgehead atoms. The van der Waals surface area contributed by atoms with Crippen LogP contribution in [0.3, 0.4) is 0 Å². The van der Waals surface area contributed by atoms with Gasteiger partial charge in [0.25, 0.3) is 0 Å². The van der Waals surface area contributed by atoms with E-state index in [1.54, 1.807) is 0 Å². The van der Waals surface area contributed by atoms with Crippen molar-refractivity contribution < 1.29 is 9.47 Å². The largest absolute Gasteiger partial charge is 0.486 e. The summed E-state index contributed by atoms with van der Waals surface area (Å²) in [5, 5.41) is 0. The summed E-state index contributed by atoms with van der Waals surface area (Å²) in [6, 6.07) is 9.94. The van der Waals surface area contributed by atoms with Gasteiger partial charge in [-0.3, -0.25) is 0 Å². The fraction of sp³-hybridized carbons (Fsp3) is 0.333. The third kappa shape index (κ3) is 2.86. The van der Waals surface area contributed by atoms with Crippen molar-refractivity contribution >= 4 is 11.2 Å². The van der Waals surface area contributed by atoms with Crippen molar-refractivity contribution in [3.8, 4) is 11.5 Å². The van der Waals surface area contributed by atoms with Crippen molar-refractivity contribution in [1.29, 1.82) is 0 Å². The van der Waals surface area contributed by atoms with Crippen LogP contribution in [0.15, 0.2) is 36.5 Å². The molecule has 118 valence electrons. The summed E-state index contributed by atoms with van der Waals surface area (Å²) in [5.41, 5.74) is 2.98. The number of pyridine rings is 1. The molecule has 2 aromatic heterocycles. The topological polar surface area (TPSA) is 60.0 Å². The zero-order valence-corrected chi connectivity index (χ0v) is 13.1. The van der Waals surface area contributed by atoms with Crippen LogP contribution in [0.2, 0.25) is 0 Å². The molecule has 3 aromatic rings. The molecule has 5 nitrogen and oxygen atoms in total. The molecule has 0 unspecified atom stereocenters. The fourth-order valence-corrected chi connectivity index (χ4v) is 2.83. The Morgan fingerprint density at radius 3 is 3.00 bits per heavy atom. The van der Waals surface area contributed by atoms with Gasteiger partial charge < -0.3 is 14.5 Å². The molecule has 0 spiro atoms. The smallest absolute Gasteiger partial charge is 0.177 e. The highest BCUT2D eigenvalue weighted by Crippen LogP contribution is 2.31. The van der Waals surface area contributed by atoms with Gasteiger partial charge in [-0.05, 0) is 36.6 Å². The molecule has 1 aliphatic heterocycles. The summed E-state index contributed by atoms with van der Waals surface area (Å²) >= 11 is 0. The molecule has 0 fully saturated rings. The first-order chi connectivity index (χ1) is 11.3. The van der Waals surface area contributed by atoms with Gasteiger partial charge in [-0.2, -0.15) is 0 Å². The number of para-hydroxylation sites is 2. The van der Waals surface area contributed by atoms with E-state index < -0.39 is 0 Å². The molecule has 1 aliphatic rings. The second-order valence-electron chi connectivity index (χ2n) is 5.79. The summed E-state index contributed by atoms with van der Waals surface area (Å²) in [6.07, 6.45) is 4.67. The highest BCUT2D eigenvalue weighted by Gasteiger charge is 2.20. The number of aryl methyl sites for hydroxylation is 2. The Bertz CT molecular complexity index is 828. The first-order valence-electron chi connectivity index (χ1n) is 8.04. The number of fused-ring (bicyclic) bond motifs is 2. The zero-order valence-electron chi connectivity index (χ0n) is 13.1. The van der Waals surface area contributed by atoms with E-state index in [4.69, 9.17) is 9.47 Å². The van der Waals surface area contributed by atoms with Crippen LogP contribution in [-0.2, 0) is 12.8 Å². The van der Waals surface area contributed by atoms with Crippen LogP contribution in [0.4, 0.5) is 0 Å². The highest BCUT2D eigenvalue weighted by molar-refractivity contribution is 5.71. The molecule has 0 aliphatic carbocycles. The Morgan fingerprint density at radius 1 is 1.26 bits per heavy atom. The van der Waals surface area contributed by atoms with Gasteiger partial charge in [0.05, 0.1) is 5.52 Å². The molecule has 0 saturated heterocycles. The van der Waals surface area contributed by atoms with Gasteiger partial charge in [0.1, 0.15) is 18.5 Å². The van der Waals surface area contributed by atoms with E-state index in [9.17, 15) is 0 Å². The lowest BCUT2D eigenvalue weighted by molar-refractivity contribution is 0.0851. The first kappa shape index (κ1) is 14.1. The summed E-state index contributed by atoms with van der Waals surface area (Å²) in [6.45, 7) is 2.67. The molecule has 0 radical (unpaired) electrons. The van der Waals surface area contributed by atoms with Gasteiger partial charge in [-0.25, -0.2) is 9.97 Å². The summed E-state index contributed by atoms with van der Waals surface area (Å²) in [5.74, 6) is 2.64. The normalized spacial score (nSPS) is 16.7. The molecule has 23 heavy (non-hydrogen) atoms. The number of imidazole rings is 1. The minimum absolute atomic E-state index is 0.0774. The van der Waals surface area contributed by atoms with E-state index in [0.717, 1.165) is 47.7 Å². The monoisotopic (exact) mass is 309 g/mol. The van der Waals surface area contributed by atoms with Gasteiger partial charge in [0.2, 0.25) is 0 Å². The second-order valence-corrected chi connectivity index (χ2v) is 5.79. The summed E-state index contributed by atoms with van der Waals surface area (Å²) in [7, 11) is 0. The number of hydrogen-bond acceptors (Lipinski definition) is 4. The quantitative estimate of drug-likeness (QED) is 0.803. The Kier molecular flexibility index (Phi) is 3.61. The number of H-pyrrole nitrogens is 1. The molecular formula is C18H19N3O2. The molecule has 0 saturated carbocycles. The van der Waals surface area contributed by atoms with E-state index in [0.29, 0.717) is 6.61 Å². The third-order valence-electron chi connectivity index (χ3n) is 4.10. The molecule has 1 N–H and O–H groups in total. The van der Waals surface area contributed by atoms with Crippen LogP contribution in [0, 0.1) is 0 Å². The zero-order chi connectivity index (χ0) is 15.6. The maximum absolute atomic E-state index is 6.00. The van der Waals surface area contributed by atoms with Crippen LogP contribution in [0.5, 0.6) is 11.5 Å². The standard InChI is InChI=1S/C18H19N3O2/c1-2-17-20-14-9-12(10-19-18(14)21-17)7-8-13-11-22-15-5-3-4-6-16(15)23-13/h3-6,9-10,13H,2,7-8,11H2,1H3,(H,19,20,21)/t13-/m0/s1. The molecular weight excluding hydrogens is 290 g/mol. The number of aromatic amines is 1. The first-order valence-corrected chi connectivity index (χ1v) is 8.04. The van der Waals surface area contributed by atoms with Crippen molar-refractivity contribution in [2.45, 2.75) is 32.3 Å². The predicted molar refractivity (Wildman–Crippen MR) is 87.9 cm³/mol. The van der Waals surface area contributed by atoms with Crippen molar-refractivity contribution in [3.05, 3.63) is 47.9 Å². The molecule has 5 heteroatoms. The Labute approximate surface area is 134 Å². The van der Waals surface area contributed by atoms with E-state index in [1.807, 2.05) is 30.5 Å². The number of nitrogens with one attached hydrogen (secondary N) is 1. The Hall–Kier alpha value is -2.56. The Balaban J connectivity index is 1.43. The number of aromatic nitrogens is 3. The van der Waals surface area contributed by atoms with E-state index in [-0.39, 0.29) is 6.10 Å². The van der Waals surface area contributed by atoms with Crippen LogP contribution in [0.1, 0.15) is 24.7 Å². The van der Waals surface area contributed by atoms with E-state index >= 15 is 0 Å². The van der Waals surface area contributed by atoms with Crippen LogP contribution >= 0.6 is 0 Å². The SMILES string of the molecule is CCc1nc2ncc(CC[C@H]3COc4ccccc4O3)cc2[nH]1. The van der Waals surface area contributed by atoms with Crippen molar-refractivity contribution in [2.75, 3.05) is 6.61 Å². The van der Waals surface area contributed by atoms with Crippen LogP contribution in [0.25, 0.3) is 11.2 Å². The van der Waals surface area contributed by atoms with Crippen LogP contribution in [-0.4, -0.2) is 27.7 Å². The van der Waals surface area contributed by atoms with Crippen molar-refractivity contribution in [3.63, 3.8) is 0 Å². The highest BCUT2D eigenvalue weighted by atomic mass is 16.6. The summed E-state index contributed by atoms with van der Waals surface area (Å²) in [4.78, 5) is 12.2. The minimum atomic E-state index is 0.0774. The number of hydrogen-bond donors (Lipinski definition) is 1. The van der Waals surface area contributed by atoms with Gasteiger partial charge >= 0.3 is 0 Å². The van der Waals surface area contributed by atoms with Crippen molar-refractivity contribution in [2.24, 2.45) is 0 Å². The lowest BCUT2D eigenvalue weighted by Gasteiger charge is -2.26. The molecule has 4 rings (SSSR count). The predicted octanol–water partition coefficient (Wildman–Crippen LogP) is 3.29. The van der Waals surface area contributed by atoms with Crippen molar-refractivity contribution in [1.82, 2.24) is 15.0 Å². The second kappa shape index (κ2) is 5.91. The molecule has 1 atom stereocenters. The number of nitrogens with zero attached hydrogens (tertiary/aromatic N) is 2. The number of rotatable bonds is 4. The lowest BCUT2D eigenvalue weighted by atomic mass is 10.1. The lowest BCUT2D eigenvalue weighted by Crippen LogP contribution is -2.29. The van der Waals surface area contributed by atoms with Gasteiger partial charge in [-0.1, -0.05) is 19.1 Å². The van der Waals surface area contributed by atoms with Gasteiger partial charge in [0.15, 0.2) is 17.1 Å². The maximum Gasteiger partial charge on any atom is 0.177 e. The fourth-order valence-electron chi connectivity index (χ4n) is 2.83. The molecule has 3 heterocycles.